The fraction of sp³-hybridized carbons (Fsp3) is 0.278. The molecular weight excluding hydrogens is 330 g/mol. The van der Waals surface area contributed by atoms with Gasteiger partial charge in [-0.15, -0.1) is 0 Å². The molecule has 0 atom stereocenters. The largest absolute Gasteiger partial charge is 0.355 e. The highest BCUT2D eigenvalue weighted by atomic mass is 16.2. The summed E-state index contributed by atoms with van der Waals surface area (Å²) < 4.78 is 1.43. The molecule has 5 heterocycles. The molecule has 1 fully saturated rings. The molecule has 0 bridgehead atoms. The number of pyridine rings is 1. The smallest absolute Gasteiger partial charge is 0.349 e. The van der Waals surface area contributed by atoms with Crippen molar-refractivity contribution in [1.82, 2.24) is 24.7 Å². The molecule has 8 nitrogen and oxygen atoms in total. The number of fused-ring (bicyclic) bond motifs is 1. The molecule has 5 rings (SSSR count). The molecule has 0 aromatic carbocycles. The summed E-state index contributed by atoms with van der Waals surface area (Å²) in [6, 6.07) is 5.39. The first kappa shape index (κ1) is 15.0. The van der Waals surface area contributed by atoms with Gasteiger partial charge in [0, 0.05) is 19.3 Å². The number of hydrogen-bond donors (Lipinski definition) is 0. The van der Waals surface area contributed by atoms with E-state index in [-0.39, 0.29) is 6.03 Å². The minimum Gasteiger partial charge on any atom is -0.355 e. The van der Waals surface area contributed by atoms with E-state index in [0.717, 1.165) is 30.3 Å². The van der Waals surface area contributed by atoms with Crippen LogP contribution in [-0.4, -0.2) is 43.9 Å². The van der Waals surface area contributed by atoms with Crippen LogP contribution in [0.2, 0.25) is 0 Å². The Morgan fingerprint density at radius 3 is 2.58 bits per heavy atom. The number of nitrogens with zero attached hydrogens (tertiary/aromatic N) is 7. The molecule has 2 aliphatic heterocycles. The fourth-order valence-electron chi connectivity index (χ4n) is 3.45. The van der Waals surface area contributed by atoms with E-state index in [4.69, 9.17) is 0 Å². The first-order valence-corrected chi connectivity index (χ1v) is 8.68. The fourth-order valence-corrected chi connectivity index (χ4v) is 3.45. The number of aromatic nitrogens is 5. The van der Waals surface area contributed by atoms with E-state index in [2.05, 4.69) is 25.0 Å². The maximum atomic E-state index is 12.6. The van der Waals surface area contributed by atoms with Gasteiger partial charge >= 0.3 is 6.03 Å². The van der Waals surface area contributed by atoms with Crippen LogP contribution in [0.3, 0.4) is 0 Å². The molecule has 0 spiro atoms. The lowest BCUT2D eigenvalue weighted by Gasteiger charge is -2.15. The Morgan fingerprint density at radius 1 is 1.00 bits per heavy atom. The zero-order valence-electron chi connectivity index (χ0n) is 14.1. The van der Waals surface area contributed by atoms with E-state index in [1.807, 2.05) is 18.2 Å². The first-order chi connectivity index (χ1) is 12.8. The second-order valence-electron chi connectivity index (χ2n) is 6.47. The van der Waals surface area contributed by atoms with Crippen LogP contribution in [0.4, 0.5) is 16.3 Å². The van der Waals surface area contributed by atoms with Gasteiger partial charge in [0.25, 0.3) is 0 Å². The molecule has 1 saturated heterocycles. The molecule has 3 aromatic heterocycles. The minimum absolute atomic E-state index is 0.180. The molecule has 2 aliphatic rings. The van der Waals surface area contributed by atoms with E-state index in [1.165, 1.54) is 17.5 Å². The van der Waals surface area contributed by atoms with Crippen molar-refractivity contribution >= 4 is 17.5 Å². The summed E-state index contributed by atoms with van der Waals surface area (Å²) >= 11 is 0. The van der Waals surface area contributed by atoms with E-state index in [0.29, 0.717) is 17.9 Å². The summed E-state index contributed by atoms with van der Waals surface area (Å²) in [5.41, 5.74) is 2.94. The Hall–Kier alpha value is -3.29. The number of amides is 1. The van der Waals surface area contributed by atoms with Crippen molar-refractivity contribution in [3.05, 3.63) is 48.7 Å². The lowest BCUT2D eigenvalue weighted by atomic mass is 10.3. The van der Waals surface area contributed by atoms with Crippen LogP contribution in [0.1, 0.15) is 18.5 Å². The SMILES string of the molecule is O=C1N(c2cccnc2)Cc2cc(-c3cnc(N4CCCC4)cn3)nn21. The van der Waals surface area contributed by atoms with Crippen molar-refractivity contribution in [2.75, 3.05) is 22.9 Å². The van der Waals surface area contributed by atoms with Crippen LogP contribution in [0.5, 0.6) is 0 Å². The lowest BCUT2D eigenvalue weighted by molar-refractivity contribution is 0.248. The molecule has 0 radical (unpaired) electrons. The van der Waals surface area contributed by atoms with Crippen LogP contribution in [0.25, 0.3) is 11.4 Å². The van der Waals surface area contributed by atoms with Gasteiger partial charge < -0.3 is 4.90 Å². The third kappa shape index (κ3) is 2.42. The van der Waals surface area contributed by atoms with Crippen molar-refractivity contribution in [3.63, 3.8) is 0 Å². The van der Waals surface area contributed by atoms with Crippen LogP contribution in [-0.2, 0) is 6.54 Å². The highest BCUT2D eigenvalue weighted by Crippen LogP contribution is 2.27. The predicted molar refractivity (Wildman–Crippen MR) is 95.9 cm³/mol. The molecule has 0 N–H and O–H groups in total. The summed E-state index contributed by atoms with van der Waals surface area (Å²) in [5, 5.41) is 4.43. The van der Waals surface area contributed by atoms with Gasteiger partial charge in [-0.1, -0.05) is 0 Å². The van der Waals surface area contributed by atoms with E-state index in [1.54, 1.807) is 29.7 Å². The molecular formula is C18H17N7O. The van der Waals surface area contributed by atoms with Crippen LogP contribution in [0.15, 0.2) is 43.0 Å². The van der Waals surface area contributed by atoms with Crippen molar-refractivity contribution in [3.8, 4) is 11.4 Å². The minimum atomic E-state index is -0.180. The zero-order valence-corrected chi connectivity index (χ0v) is 14.1. The summed E-state index contributed by atoms with van der Waals surface area (Å²) in [4.78, 5) is 29.6. The number of carbonyl (C=O) groups excluding carboxylic acids is 1. The summed E-state index contributed by atoms with van der Waals surface area (Å²) in [5.74, 6) is 0.900. The maximum absolute atomic E-state index is 12.6. The van der Waals surface area contributed by atoms with Gasteiger partial charge in [0.2, 0.25) is 0 Å². The second kappa shape index (κ2) is 5.91. The van der Waals surface area contributed by atoms with Crippen molar-refractivity contribution < 1.29 is 4.79 Å². The van der Waals surface area contributed by atoms with Gasteiger partial charge in [0.15, 0.2) is 0 Å². The summed E-state index contributed by atoms with van der Waals surface area (Å²) in [6.07, 6.45) is 9.28. The molecule has 0 unspecified atom stereocenters. The monoisotopic (exact) mass is 347 g/mol. The quantitative estimate of drug-likeness (QED) is 0.723. The normalized spacial score (nSPS) is 16.4. The predicted octanol–water partition coefficient (Wildman–Crippen LogP) is 2.32. The first-order valence-electron chi connectivity index (χ1n) is 8.68. The number of rotatable bonds is 3. The van der Waals surface area contributed by atoms with Crippen molar-refractivity contribution in [2.24, 2.45) is 0 Å². The van der Waals surface area contributed by atoms with Crippen molar-refractivity contribution in [1.29, 1.82) is 0 Å². The standard InChI is InChI=1S/C18H17N7O/c26-18-24(13-4-3-5-19-9-13)12-14-8-15(22-25(14)18)16-10-21-17(11-20-16)23-6-1-2-7-23/h3-5,8-11H,1-2,6-7,12H2. The Morgan fingerprint density at radius 2 is 1.88 bits per heavy atom. The van der Waals surface area contributed by atoms with Gasteiger partial charge in [-0.25, -0.2) is 14.8 Å². The van der Waals surface area contributed by atoms with Crippen LogP contribution < -0.4 is 9.80 Å². The van der Waals surface area contributed by atoms with E-state index >= 15 is 0 Å². The van der Waals surface area contributed by atoms with E-state index < -0.39 is 0 Å². The third-order valence-corrected chi connectivity index (χ3v) is 4.80. The highest BCUT2D eigenvalue weighted by Gasteiger charge is 2.30. The second-order valence-corrected chi connectivity index (χ2v) is 6.47. The number of carbonyl (C=O) groups is 1. The van der Waals surface area contributed by atoms with Gasteiger partial charge in [0.1, 0.15) is 17.2 Å². The van der Waals surface area contributed by atoms with Crippen molar-refractivity contribution in [2.45, 2.75) is 19.4 Å². The number of hydrogen-bond acceptors (Lipinski definition) is 6. The molecule has 130 valence electrons. The lowest BCUT2D eigenvalue weighted by Crippen LogP contribution is -2.26. The van der Waals surface area contributed by atoms with Crippen LogP contribution >= 0.6 is 0 Å². The highest BCUT2D eigenvalue weighted by molar-refractivity contribution is 5.96. The maximum Gasteiger partial charge on any atom is 0.349 e. The van der Waals surface area contributed by atoms with Gasteiger partial charge in [-0.3, -0.25) is 9.88 Å². The van der Waals surface area contributed by atoms with E-state index in [9.17, 15) is 4.79 Å². The van der Waals surface area contributed by atoms with Gasteiger partial charge in [-0.2, -0.15) is 9.78 Å². The average Bonchev–Trinajstić information content (AvgIpc) is 3.41. The summed E-state index contributed by atoms with van der Waals surface area (Å²) in [6.45, 7) is 2.54. The Balaban J connectivity index is 1.39. The molecule has 0 aliphatic carbocycles. The third-order valence-electron chi connectivity index (χ3n) is 4.80. The Labute approximate surface area is 150 Å². The molecule has 3 aromatic rings. The van der Waals surface area contributed by atoms with Gasteiger partial charge in [-0.05, 0) is 31.0 Å². The average molecular weight is 347 g/mol. The Bertz CT molecular complexity index is 945. The van der Waals surface area contributed by atoms with Gasteiger partial charge in [0.05, 0.1) is 36.5 Å². The zero-order chi connectivity index (χ0) is 17.5. The Kier molecular flexibility index (Phi) is 3.41. The topological polar surface area (TPSA) is 80.0 Å². The van der Waals surface area contributed by atoms with Crippen LogP contribution in [0, 0.1) is 0 Å². The molecule has 0 saturated carbocycles. The molecule has 8 heteroatoms. The molecule has 26 heavy (non-hydrogen) atoms. The summed E-state index contributed by atoms with van der Waals surface area (Å²) in [7, 11) is 0. The molecule has 1 amide bonds. The number of anilines is 2.